The molecule has 0 saturated carbocycles. The van der Waals surface area contributed by atoms with E-state index in [0.717, 1.165) is 5.56 Å². The van der Waals surface area contributed by atoms with E-state index in [0.29, 0.717) is 12.5 Å². The van der Waals surface area contributed by atoms with Crippen LogP contribution in [0.2, 0.25) is 0 Å². The van der Waals surface area contributed by atoms with E-state index in [9.17, 15) is 17.6 Å². The smallest absolute Gasteiger partial charge is 0.356 e. The van der Waals surface area contributed by atoms with Crippen molar-refractivity contribution in [3.8, 4) is 0 Å². The average Bonchev–Trinajstić information content (AvgIpc) is 2.36. The van der Waals surface area contributed by atoms with Gasteiger partial charge in [-0.25, -0.2) is 4.39 Å². The van der Waals surface area contributed by atoms with Gasteiger partial charge >= 0.3 is 6.18 Å². The molecule has 112 valence electrons. The molecule has 3 nitrogen and oxygen atoms in total. The first-order chi connectivity index (χ1) is 9.31. The molecular formula is C13H17F4N3. The Morgan fingerprint density at radius 1 is 1.25 bits per heavy atom. The van der Waals surface area contributed by atoms with Gasteiger partial charge in [0.25, 0.3) is 0 Å². The van der Waals surface area contributed by atoms with E-state index in [1.54, 1.807) is 24.1 Å². The van der Waals surface area contributed by atoms with Crippen LogP contribution in [0.1, 0.15) is 12.0 Å². The van der Waals surface area contributed by atoms with Gasteiger partial charge in [-0.15, -0.1) is 0 Å². The average molecular weight is 291 g/mol. The molecule has 0 aliphatic rings. The molecule has 0 unspecified atom stereocenters. The number of alkyl halides is 3. The largest absolute Gasteiger partial charge is 0.390 e. The molecule has 1 N–H and O–H groups in total. The molecule has 0 aromatic heterocycles. The zero-order chi connectivity index (χ0) is 15.2. The van der Waals surface area contributed by atoms with Crippen LogP contribution in [0.5, 0.6) is 0 Å². The van der Waals surface area contributed by atoms with Crippen molar-refractivity contribution in [1.82, 2.24) is 10.2 Å². The lowest BCUT2D eigenvalue weighted by Gasteiger charge is -2.22. The first-order valence-electron chi connectivity index (χ1n) is 6.05. The summed E-state index contributed by atoms with van der Waals surface area (Å²) in [7, 11) is 3.20. The molecular weight excluding hydrogens is 274 g/mol. The number of hydrogen-bond acceptors (Lipinski definition) is 1. The van der Waals surface area contributed by atoms with Gasteiger partial charge < -0.3 is 10.2 Å². The number of aliphatic imine (C=N–C) groups is 1. The normalized spacial score (nSPS) is 12.4. The van der Waals surface area contributed by atoms with Crippen LogP contribution in [0, 0.1) is 5.82 Å². The maximum absolute atomic E-state index is 12.8. The highest BCUT2D eigenvalue weighted by atomic mass is 19.4. The fraction of sp³-hybridized carbons (Fsp3) is 0.462. The van der Waals surface area contributed by atoms with Gasteiger partial charge in [-0.05, 0) is 17.7 Å². The molecule has 0 spiro atoms. The van der Waals surface area contributed by atoms with Crippen molar-refractivity contribution in [3.63, 3.8) is 0 Å². The standard InChI is InChI=1S/C13H17F4N3/c1-18-12(19-8-7-13(15,16)17)20(2)9-10-3-5-11(14)6-4-10/h3-6H,7-9H2,1-2H3,(H,18,19). The molecule has 1 rings (SSSR count). The van der Waals surface area contributed by atoms with Gasteiger partial charge in [0.1, 0.15) is 5.82 Å². The van der Waals surface area contributed by atoms with Crippen molar-refractivity contribution in [1.29, 1.82) is 0 Å². The Morgan fingerprint density at radius 3 is 2.35 bits per heavy atom. The van der Waals surface area contributed by atoms with Crippen LogP contribution in [0.4, 0.5) is 17.6 Å². The Labute approximate surface area is 115 Å². The highest BCUT2D eigenvalue weighted by molar-refractivity contribution is 5.79. The summed E-state index contributed by atoms with van der Waals surface area (Å²) in [6.07, 6.45) is -5.11. The molecule has 7 heteroatoms. The van der Waals surface area contributed by atoms with Crippen molar-refractivity contribution < 1.29 is 17.6 Å². The van der Waals surface area contributed by atoms with Crippen LogP contribution < -0.4 is 5.32 Å². The summed E-state index contributed by atoms with van der Waals surface area (Å²) in [5.74, 6) is 0.0302. The number of nitrogens with one attached hydrogen (secondary N) is 1. The van der Waals surface area contributed by atoms with Gasteiger partial charge in [0.2, 0.25) is 0 Å². The summed E-state index contributed by atoms with van der Waals surface area (Å²) in [4.78, 5) is 5.58. The van der Waals surface area contributed by atoms with E-state index < -0.39 is 12.6 Å². The summed E-state index contributed by atoms with van der Waals surface area (Å²) in [6.45, 7) is 0.190. The zero-order valence-corrected chi connectivity index (χ0v) is 11.3. The van der Waals surface area contributed by atoms with Gasteiger partial charge in [0.05, 0.1) is 6.42 Å². The Hall–Kier alpha value is -1.79. The SMILES string of the molecule is CN=C(NCCC(F)(F)F)N(C)Cc1ccc(F)cc1. The van der Waals surface area contributed by atoms with E-state index in [1.807, 2.05) is 0 Å². The molecule has 20 heavy (non-hydrogen) atoms. The van der Waals surface area contributed by atoms with Crippen LogP contribution >= 0.6 is 0 Å². The third-order valence-corrected chi connectivity index (χ3v) is 2.60. The third-order valence-electron chi connectivity index (χ3n) is 2.60. The monoisotopic (exact) mass is 291 g/mol. The molecule has 0 aliphatic carbocycles. The van der Waals surface area contributed by atoms with Gasteiger partial charge in [-0.2, -0.15) is 13.2 Å². The third kappa shape index (κ3) is 5.90. The first-order valence-corrected chi connectivity index (χ1v) is 6.05. The van der Waals surface area contributed by atoms with E-state index in [1.165, 1.54) is 19.2 Å². The maximum atomic E-state index is 12.8. The minimum absolute atomic E-state index is 0.232. The van der Waals surface area contributed by atoms with Gasteiger partial charge in [0.15, 0.2) is 5.96 Å². The van der Waals surface area contributed by atoms with Gasteiger partial charge in [0, 0.05) is 27.2 Å². The van der Waals surface area contributed by atoms with E-state index in [2.05, 4.69) is 10.3 Å². The maximum Gasteiger partial charge on any atom is 0.390 e. The number of benzene rings is 1. The molecule has 0 amide bonds. The minimum atomic E-state index is -4.19. The lowest BCUT2D eigenvalue weighted by atomic mass is 10.2. The second-order valence-corrected chi connectivity index (χ2v) is 4.32. The summed E-state index contributed by atoms with van der Waals surface area (Å²) in [5.41, 5.74) is 0.840. The quantitative estimate of drug-likeness (QED) is 0.525. The molecule has 1 aromatic carbocycles. The molecule has 0 aliphatic heterocycles. The fourth-order valence-electron chi connectivity index (χ4n) is 1.64. The van der Waals surface area contributed by atoms with Crippen LogP contribution in [0.15, 0.2) is 29.3 Å². The second-order valence-electron chi connectivity index (χ2n) is 4.32. The number of hydrogen-bond donors (Lipinski definition) is 1. The van der Waals surface area contributed by atoms with Crippen LogP contribution in [-0.4, -0.2) is 37.7 Å². The Bertz CT molecular complexity index is 440. The van der Waals surface area contributed by atoms with Crippen LogP contribution in [-0.2, 0) is 6.54 Å². The van der Waals surface area contributed by atoms with E-state index >= 15 is 0 Å². The zero-order valence-electron chi connectivity index (χ0n) is 11.3. The Morgan fingerprint density at radius 2 is 1.85 bits per heavy atom. The van der Waals surface area contributed by atoms with Crippen LogP contribution in [0.3, 0.4) is 0 Å². The van der Waals surface area contributed by atoms with Gasteiger partial charge in [-0.1, -0.05) is 12.1 Å². The van der Waals surface area contributed by atoms with Crippen molar-refractivity contribution in [2.45, 2.75) is 19.1 Å². The number of nitrogens with zero attached hydrogens (tertiary/aromatic N) is 2. The minimum Gasteiger partial charge on any atom is -0.356 e. The lowest BCUT2D eigenvalue weighted by molar-refractivity contribution is -0.132. The number of halogens is 4. The molecule has 0 atom stereocenters. The predicted molar refractivity (Wildman–Crippen MR) is 69.9 cm³/mol. The van der Waals surface area contributed by atoms with Crippen molar-refractivity contribution in [3.05, 3.63) is 35.6 Å². The lowest BCUT2D eigenvalue weighted by Crippen LogP contribution is -2.39. The second kappa shape index (κ2) is 7.12. The van der Waals surface area contributed by atoms with Crippen molar-refractivity contribution in [2.24, 2.45) is 4.99 Å². The highest BCUT2D eigenvalue weighted by Crippen LogP contribution is 2.18. The summed E-state index contributed by atoms with van der Waals surface area (Å²) in [5, 5.41) is 2.64. The van der Waals surface area contributed by atoms with E-state index in [4.69, 9.17) is 0 Å². The summed E-state index contributed by atoms with van der Waals surface area (Å²) < 4.78 is 49.0. The Kier molecular flexibility index (Phi) is 5.79. The van der Waals surface area contributed by atoms with E-state index in [-0.39, 0.29) is 12.4 Å². The molecule has 1 aromatic rings. The molecule has 0 radical (unpaired) electrons. The highest BCUT2D eigenvalue weighted by Gasteiger charge is 2.26. The molecule has 0 saturated heterocycles. The predicted octanol–water partition coefficient (Wildman–Crippen LogP) is 2.79. The molecule has 0 heterocycles. The molecule has 0 fully saturated rings. The topological polar surface area (TPSA) is 27.6 Å². The van der Waals surface area contributed by atoms with Gasteiger partial charge in [-0.3, -0.25) is 4.99 Å². The fourth-order valence-corrected chi connectivity index (χ4v) is 1.64. The van der Waals surface area contributed by atoms with Crippen molar-refractivity contribution >= 4 is 5.96 Å². The Balaban J connectivity index is 2.51. The van der Waals surface area contributed by atoms with Crippen LogP contribution in [0.25, 0.3) is 0 Å². The summed E-state index contributed by atoms with van der Waals surface area (Å²) >= 11 is 0. The first kappa shape index (κ1) is 16.3. The molecule has 0 bridgehead atoms. The number of rotatable bonds is 4. The number of guanidine groups is 1. The summed E-state index contributed by atoms with van der Waals surface area (Å²) in [6, 6.07) is 5.91. The van der Waals surface area contributed by atoms with Crippen molar-refractivity contribution in [2.75, 3.05) is 20.6 Å².